The number of hydrogen-bond acceptors (Lipinski definition) is 4. The summed E-state index contributed by atoms with van der Waals surface area (Å²) in [6.45, 7) is 6.17. The molecular weight excluding hydrogens is 939 g/mol. The van der Waals surface area contributed by atoms with Gasteiger partial charge in [-0.05, 0) is 34.4 Å². The maximum absolute atomic E-state index is 14.7. The second kappa shape index (κ2) is 16.9. The monoisotopic (exact) mass is 967 g/mol. The lowest BCUT2D eigenvalue weighted by molar-refractivity contribution is -0.386. The second-order valence-corrected chi connectivity index (χ2v) is 13.5. The zero-order chi connectivity index (χ0) is 49.9. The summed E-state index contributed by atoms with van der Waals surface area (Å²) in [5.41, 5.74) is -39.2. The Labute approximate surface area is 338 Å². The number of halogens is 24. The highest BCUT2D eigenvalue weighted by atomic mass is 19.4. The van der Waals surface area contributed by atoms with Crippen LogP contribution in [-0.4, -0.2) is 84.0 Å². The van der Waals surface area contributed by atoms with Gasteiger partial charge in [-0.2, -0.15) is 118 Å². The van der Waals surface area contributed by atoms with E-state index in [1.165, 1.54) is 0 Å². The Hall–Kier alpha value is -3.86. The Balaban J connectivity index is 3.90. The summed E-state index contributed by atoms with van der Waals surface area (Å²) in [4.78, 5) is 0. The van der Waals surface area contributed by atoms with Gasteiger partial charge in [-0.25, -0.2) is 10.9 Å². The van der Waals surface area contributed by atoms with E-state index in [-0.39, 0.29) is 0 Å². The molecule has 0 aliphatic heterocycles. The maximum Gasteiger partial charge on any atom is 0.430 e. The molecule has 0 aromatic heterocycles. The average Bonchev–Trinajstić information content (AvgIpc) is 3.05. The lowest BCUT2D eigenvalue weighted by Gasteiger charge is -2.46. The molecule has 0 aliphatic carbocycles. The van der Waals surface area contributed by atoms with Gasteiger partial charge in [0.15, 0.2) is 0 Å². The van der Waals surface area contributed by atoms with Crippen LogP contribution < -0.4 is 10.9 Å². The topological polar surface area (TPSA) is 36.9 Å². The molecule has 0 heterocycles. The normalized spacial score (nSPS) is 15.2. The molecule has 0 saturated carbocycles. The van der Waals surface area contributed by atoms with Gasteiger partial charge < -0.3 is 18.9 Å². The molecule has 29 heteroatoms. The first-order chi connectivity index (χ1) is 28.0. The van der Waals surface area contributed by atoms with E-state index in [1.54, 1.807) is 0 Å². The van der Waals surface area contributed by atoms with Gasteiger partial charge in [-0.3, -0.25) is 0 Å². The van der Waals surface area contributed by atoms with Crippen molar-refractivity contribution in [1.82, 2.24) is 0 Å². The first-order valence-electron chi connectivity index (χ1n) is 16.5. The smallest absolute Gasteiger partial charge is 0.357 e. The molecule has 360 valence electrons. The zero-order valence-corrected chi connectivity index (χ0v) is 31.7. The lowest BCUT2D eigenvalue weighted by Crippen LogP contribution is -2.62. The zero-order valence-electron chi connectivity index (χ0n) is 31.7. The van der Waals surface area contributed by atoms with Gasteiger partial charge in [0.1, 0.15) is 0 Å². The summed E-state index contributed by atoms with van der Waals surface area (Å²) >= 11 is 0. The highest BCUT2D eigenvalue weighted by Crippen LogP contribution is 2.59. The molecule has 0 atom stereocenters. The van der Waals surface area contributed by atoms with E-state index >= 15 is 0 Å². The fourth-order valence-electron chi connectivity index (χ4n) is 7.51. The van der Waals surface area contributed by atoms with Crippen LogP contribution in [0.25, 0.3) is 0 Å². The minimum Gasteiger partial charge on any atom is -0.357 e. The highest BCUT2D eigenvalue weighted by Gasteiger charge is 2.78. The van der Waals surface area contributed by atoms with Crippen LogP contribution in [0.5, 0.6) is 0 Å². The van der Waals surface area contributed by atoms with Crippen LogP contribution in [-0.2, 0) is 41.4 Å². The average molecular weight is 967 g/mol. The number of hydrogen-bond donors (Lipinski definition) is 0. The highest BCUT2D eigenvalue weighted by molar-refractivity contribution is 7.02. The number of alkyl halides is 24. The van der Waals surface area contributed by atoms with Gasteiger partial charge >= 0.3 is 49.4 Å². The molecular formula is C34H28BF24O4-. The molecule has 0 fully saturated rings. The van der Waals surface area contributed by atoms with Gasteiger partial charge in [-0.15, -0.1) is 25.3 Å². The number of rotatable bonds is 14. The van der Waals surface area contributed by atoms with Crippen molar-refractivity contribution in [3.8, 4) is 0 Å². The van der Waals surface area contributed by atoms with Crippen molar-refractivity contribution in [3.63, 3.8) is 0 Å². The largest absolute Gasteiger partial charge is 0.430 e. The summed E-state index contributed by atoms with van der Waals surface area (Å²) in [7, 11) is -1.65. The van der Waals surface area contributed by atoms with E-state index in [4.69, 9.17) is 0 Å². The van der Waals surface area contributed by atoms with Crippen LogP contribution in [0.2, 0.25) is 12.6 Å². The minimum atomic E-state index is -6.99. The Bertz CT molecular complexity index is 1640. The van der Waals surface area contributed by atoms with Crippen LogP contribution in [0.3, 0.4) is 0 Å². The van der Waals surface area contributed by atoms with Gasteiger partial charge in [0.05, 0.1) is 6.15 Å². The van der Waals surface area contributed by atoms with Crippen LogP contribution in [0.4, 0.5) is 105 Å². The molecule has 0 saturated heterocycles. The third kappa shape index (κ3) is 8.35. The quantitative estimate of drug-likeness (QED) is 0.107. The Morgan fingerprint density at radius 1 is 0.349 bits per heavy atom. The van der Waals surface area contributed by atoms with Crippen LogP contribution in [0.15, 0.2) is 61.7 Å². The van der Waals surface area contributed by atoms with Crippen molar-refractivity contribution in [2.24, 2.45) is 0 Å². The van der Waals surface area contributed by atoms with Crippen molar-refractivity contribution >= 4 is 17.1 Å². The van der Waals surface area contributed by atoms with E-state index in [1.807, 2.05) is 0 Å². The SMILES string of the molecule is C=CC[B-](CC=C)(c1cc(C(OC)(C(F)(F)F)C(F)(F)F)cc(C(OC)(C(F)(F)F)C(F)(F)F)c1)c1cc(C(OC)(C(F)(F)F)C(F)(F)F)cc(C(OC)(C(F)(F)F)C(F)(F)F)c1. The summed E-state index contributed by atoms with van der Waals surface area (Å²) in [5, 5.41) is 0. The van der Waals surface area contributed by atoms with Crippen molar-refractivity contribution in [2.75, 3.05) is 28.4 Å². The molecule has 0 unspecified atom stereocenters. The Morgan fingerprint density at radius 2 is 0.508 bits per heavy atom. The first kappa shape index (κ1) is 55.3. The second-order valence-electron chi connectivity index (χ2n) is 13.5. The third-order valence-corrected chi connectivity index (χ3v) is 10.4. The first-order valence-corrected chi connectivity index (χ1v) is 16.5. The standard InChI is InChI=1S/C34H28BF24O4/c1-7-9-35(10-8-2,21-13-17(23(60-3,27(36,37)38)28(39,40)41)11-18(14-21)24(61-4,29(42,43)44)30(45,46)47)22-15-19(25(62-5,31(48,49)50)32(51,52)53)12-20(16-22)26(63-6,33(54,55)56)34(57,58)59/h7-8,11-16H,1-2,9-10H2,3-6H3/q-1. The molecule has 0 spiro atoms. The van der Waals surface area contributed by atoms with Crippen LogP contribution in [0, 0.1) is 0 Å². The maximum atomic E-state index is 14.7. The van der Waals surface area contributed by atoms with E-state index in [0.29, 0.717) is 12.2 Å². The molecule has 63 heavy (non-hydrogen) atoms. The van der Waals surface area contributed by atoms with Gasteiger partial charge in [0.2, 0.25) is 0 Å². The lowest BCUT2D eigenvalue weighted by atomic mass is 9.15. The molecule has 0 aliphatic rings. The number of ether oxygens (including phenoxy) is 4. The number of allylic oxidation sites excluding steroid dienone is 2. The number of methoxy groups -OCH3 is 4. The predicted octanol–water partition coefficient (Wildman–Crippen LogP) is 11.5. The summed E-state index contributed by atoms with van der Waals surface area (Å²) in [6.07, 6.45) is -62.9. The van der Waals surface area contributed by atoms with Crippen molar-refractivity contribution in [2.45, 2.75) is 84.5 Å². The van der Waals surface area contributed by atoms with E-state index in [9.17, 15) is 105 Å². The molecule has 0 radical (unpaired) electrons. The minimum absolute atomic E-state index is 0.352. The fourth-order valence-corrected chi connectivity index (χ4v) is 7.51. The van der Waals surface area contributed by atoms with Gasteiger partial charge in [-0.1, -0.05) is 24.3 Å². The third-order valence-electron chi connectivity index (χ3n) is 10.4. The van der Waals surface area contributed by atoms with Crippen LogP contribution in [0.1, 0.15) is 22.3 Å². The molecule has 2 aromatic carbocycles. The van der Waals surface area contributed by atoms with Crippen LogP contribution >= 0.6 is 0 Å². The van der Waals surface area contributed by atoms with Crippen molar-refractivity contribution < 1.29 is 124 Å². The molecule has 0 amide bonds. The fraction of sp³-hybridized carbons (Fsp3) is 0.529. The van der Waals surface area contributed by atoms with Gasteiger partial charge in [0, 0.05) is 28.4 Å². The Morgan fingerprint density at radius 3 is 0.619 bits per heavy atom. The summed E-state index contributed by atoms with van der Waals surface area (Å²) in [5.74, 6) is 0. The summed E-state index contributed by atoms with van der Waals surface area (Å²) < 4.78 is 367. The molecule has 2 rings (SSSR count). The van der Waals surface area contributed by atoms with E-state index in [2.05, 4.69) is 32.1 Å². The van der Waals surface area contributed by atoms with Crippen molar-refractivity contribution in [3.05, 3.63) is 84.0 Å². The Kier molecular flexibility index (Phi) is 14.8. The van der Waals surface area contributed by atoms with Crippen molar-refractivity contribution in [1.29, 1.82) is 0 Å². The number of benzene rings is 2. The molecule has 0 bridgehead atoms. The molecule has 4 nitrogen and oxygen atoms in total. The van der Waals surface area contributed by atoms with Gasteiger partial charge in [0.25, 0.3) is 22.4 Å². The predicted molar refractivity (Wildman–Crippen MR) is 171 cm³/mol. The van der Waals surface area contributed by atoms with E-state index in [0.717, 1.165) is 0 Å². The van der Waals surface area contributed by atoms with E-state index < -0.39 is 189 Å². The summed E-state index contributed by atoms with van der Waals surface area (Å²) in [6, 6.07) is -4.39. The molecule has 2 aromatic rings. The molecule has 0 N–H and O–H groups in total.